The number of nitrogens with one attached hydrogen (secondary N) is 1. The number of nitrogens with zero attached hydrogens (tertiary/aromatic N) is 3. The molecule has 3 N–H and O–H groups in total. The van der Waals surface area contributed by atoms with Gasteiger partial charge in [0, 0.05) is 23.3 Å². The molecule has 0 saturated heterocycles. The van der Waals surface area contributed by atoms with Crippen LogP contribution in [-0.4, -0.2) is 29.7 Å². The van der Waals surface area contributed by atoms with E-state index >= 15 is 0 Å². The normalized spacial score (nSPS) is 25.2. The molecule has 1 aromatic carbocycles. The van der Waals surface area contributed by atoms with Crippen molar-refractivity contribution in [3.63, 3.8) is 0 Å². The number of carbonyl (C=O) groups is 1. The number of nitrogens with two attached hydrogens (primary N) is 1. The van der Waals surface area contributed by atoms with Gasteiger partial charge in [-0.25, -0.2) is 0 Å². The Hall–Kier alpha value is -3.28. The zero-order chi connectivity index (χ0) is 20.3. The maximum atomic E-state index is 11.0. The predicted octanol–water partition coefficient (Wildman–Crippen LogP) is 2.13. The van der Waals surface area contributed by atoms with Crippen molar-refractivity contribution < 1.29 is 9.53 Å². The van der Waals surface area contributed by atoms with E-state index in [2.05, 4.69) is 6.07 Å². The minimum Gasteiger partial charge on any atom is -0.484 e. The summed E-state index contributed by atoms with van der Waals surface area (Å²) in [5.41, 5.74) is 4.66. The quantitative estimate of drug-likeness (QED) is 0.751. The second-order valence-corrected chi connectivity index (χ2v) is 7.74. The molecular formula is C20H17N5O2S. The highest BCUT2D eigenvalue weighted by Gasteiger charge is 2.57. The van der Waals surface area contributed by atoms with E-state index in [1.165, 1.54) is 0 Å². The van der Waals surface area contributed by atoms with Crippen LogP contribution in [0.15, 0.2) is 35.9 Å². The Morgan fingerprint density at radius 1 is 1.36 bits per heavy atom. The SMILES string of the molecule is N#C[C@H]1C(=N)C(C#N)(C#N)[C@H](c2cccc(OCC(N)=O)c2)[C@H]2CSCC=C12. The van der Waals surface area contributed by atoms with E-state index in [0.717, 1.165) is 11.3 Å². The highest BCUT2D eigenvalue weighted by molar-refractivity contribution is 7.99. The first kappa shape index (κ1) is 19.5. The average Bonchev–Trinajstić information content (AvgIpc) is 2.71. The molecule has 0 radical (unpaired) electrons. The zero-order valence-electron chi connectivity index (χ0n) is 14.9. The summed E-state index contributed by atoms with van der Waals surface area (Å²) in [6, 6.07) is 13.0. The van der Waals surface area contributed by atoms with Gasteiger partial charge in [0.2, 0.25) is 0 Å². The van der Waals surface area contributed by atoms with Crippen molar-refractivity contribution in [2.75, 3.05) is 18.1 Å². The van der Waals surface area contributed by atoms with Crippen LogP contribution in [0.1, 0.15) is 11.5 Å². The molecule has 7 nitrogen and oxygen atoms in total. The van der Waals surface area contributed by atoms with Crippen molar-refractivity contribution in [3.05, 3.63) is 41.5 Å². The van der Waals surface area contributed by atoms with Crippen molar-refractivity contribution in [2.45, 2.75) is 5.92 Å². The van der Waals surface area contributed by atoms with Gasteiger partial charge in [-0.05, 0) is 23.3 Å². The van der Waals surface area contributed by atoms with Gasteiger partial charge in [0.1, 0.15) is 11.7 Å². The minimum atomic E-state index is -1.75. The fraction of sp³-hybridized carbons (Fsp3) is 0.350. The van der Waals surface area contributed by atoms with E-state index in [9.17, 15) is 20.6 Å². The van der Waals surface area contributed by atoms with E-state index in [0.29, 0.717) is 17.1 Å². The molecule has 1 aliphatic heterocycles. The maximum absolute atomic E-state index is 11.0. The number of hydrogen-bond acceptors (Lipinski definition) is 7. The molecule has 0 unspecified atom stereocenters. The fourth-order valence-corrected chi connectivity index (χ4v) is 5.03. The number of fused-ring (bicyclic) bond motifs is 1. The molecule has 1 saturated carbocycles. The Kier molecular flexibility index (Phi) is 5.40. The van der Waals surface area contributed by atoms with Crippen molar-refractivity contribution in [1.29, 1.82) is 21.2 Å². The van der Waals surface area contributed by atoms with E-state index in [1.807, 2.05) is 18.2 Å². The van der Waals surface area contributed by atoms with Crippen molar-refractivity contribution in [2.24, 2.45) is 23.0 Å². The Morgan fingerprint density at radius 2 is 2.11 bits per heavy atom. The van der Waals surface area contributed by atoms with Gasteiger partial charge < -0.3 is 15.9 Å². The van der Waals surface area contributed by atoms with Gasteiger partial charge in [-0.1, -0.05) is 18.2 Å². The third-order valence-corrected chi connectivity index (χ3v) is 6.16. The summed E-state index contributed by atoms with van der Waals surface area (Å²) >= 11 is 1.67. The Labute approximate surface area is 166 Å². The summed E-state index contributed by atoms with van der Waals surface area (Å²) in [6.45, 7) is -0.285. The molecule has 3 rings (SSSR count). The third-order valence-electron chi connectivity index (χ3n) is 5.16. The minimum absolute atomic E-state index is 0.178. The van der Waals surface area contributed by atoms with Crippen LogP contribution in [0.3, 0.4) is 0 Å². The molecule has 0 aromatic heterocycles. The summed E-state index contributed by atoms with van der Waals surface area (Å²) < 4.78 is 5.37. The number of thioether (sulfide) groups is 1. The number of ether oxygens (including phenoxy) is 1. The molecule has 2 aliphatic rings. The lowest BCUT2D eigenvalue weighted by molar-refractivity contribution is -0.119. The first-order valence-electron chi connectivity index (χ1n) is 8.58. The van der Waals surface area contributed by atoms with Gasteiger partial charge in [0.25, 0.3) is 5.91 Å². The average molecular weight is 391 g/mol. The monoisotopic (exact) mass is 391 g/mol. The molecule has 0 spiro atoms. The summed E-state index contributed by atoms with van der Waals surface area (Å²) in [7, 11) is 0. The van der Waals surface area contributed by atoms with Gasteiger partial charge in [0.15, 0.2) is 12.0 Å². The summed E-state index contributed by atoms with van der Waals surface area (Å²) in [4.78, 5) is 11.0. The first-order chi connectivity index (χ1) is 13.5. The van der Waals surface area contributed by atoms with Crippen LogP contribution in [0.2, 0.25) is 0 Å². The molecule has 0 bridgehead atoms. The topological polar surface area (TPSA) is 148 Å². The van der Waals surface area contributed by atoms with Gasteiger partial charge >= 0.3 is 0 Å². The molecule has 3 atom stereocenters. The molecular weight excluding hydrogens is 374 g/mol. The highest BCUT2D eigenvalue weighted by Crippen LogP contribution is 2.54. The molecule has 1 fully saturated rings. The first-order valence-corrected chi connectivity index (χ1v) is 9.73. The van der Waals surface area contributed by atoms with Crippen LogP contribution < -0.4 is 10.5 Å². The Bertz CT molecular complexity index is 968. The molecule has 8 heteroatoms. The number of allylic oxidation sites excluding steroid dienone is 1. The number of nitriles is 3. The lowest BCUT2D eigenvalue weighted by Gasteiger charge is -2.45. The molecule has 140 valence electrons. The molecule has 1 amide bonds. The van der Waals surface area contributed by atoms with Crippen molar-refractivity contribution in [1.82, 2.24) is 0 Å². The summed E-state index contributed by atoms with van der Waals surface area (Å²) in [6.07, 6.45) is 1.94. The molecule has 28 heavy (non-hydrogen) atoms. The standard InChI is InChI=1S/C20H17N5O2S/c21-7-15-14-4-5-28-9-16(14)18(20(10-22,11-23)19(15)25)12-2-1-3-13(6-12)27-8-17(24)26/h1-4,6,15-16,18,25H,5,8-9H2,(H2,24,26)/t15-,16+,18-/m1/s1. The zero-order valence-corrected chi connectivity index (χ0v) is 15.7. The van der Waals surface area contributed by atoms with Crippen molar-refractivity contribution in [3.8, 4) is 24.0 Å². The highest BCUT2D eigenvalue weighted by atomic mass is 32.2. The number of carbonyl (C=O) groups excluding carboxylic acids is 1. The number of benzene rings is 1. The van der Waals surface area contributed by atoms with Crippen LogP contribution in [-0.2, 0) is 4.79 Å². The second kappa shape index (κ2) is 7.76. The van der Waals surface area contributed by atoms with Crippen LogP contribution in [0.25, 0.3) is 0 Å². The Balaban J connectivity index is 2.14. The smallest absolute Gasteiger partial charge is 0.255 e. The lowest BCUT2D eigenvalue weighted by atomic mass is 9.55. The van der Waals surface area contributed by atoms with Crippen LogP contribution in [0.5, 0.6) is 5.75 Å². The summed E-state index contributed by atoms with van der Waals surface area (Å²) in [5.74, 6) is -0.533. The van der Waals surface area contributed by atoms with Crippen LogP contribution in [0.4, 0.5) is 0 Å². The van der Waals surface area contributed by atoms with Crippen molar-refractivity contribution >= 4 is 23.4 Å². The van der Waals surface area contributed by atoms with Gasteiger partial charge in [0.05, 0.1) is 23.9 Å². The molecule has 1 aliphatic carbocycles. The Morgan fingerprint density at radius 3 is 2.75 bits per heavy atom. The fourth-order valence-electron chi connectivity index (χ4n) is 3.94. The largest absolute Gasteiger partial charge is 0.484 e. The van der Waals surface area contributed by atoms with Gasteiger partial charge in [-0.2, -0.15) is 27.5 Å². The number of rotatable bonds is 4. The predicted molar refractivity (Wildman–Crippen MR) is 103 cm³/mol. The van der Waals surface area contributed by atoms with E-state index in [-0.39, 0.29) is 18.2 Å². The van der Waals surface area contributed by atoms with Gasteiger partial charge in [-0.15, -0.1) is 0 Å². The summed E-state index contributed by atoms with van der Waals surface area (Å²) in [5, 5.41) is 38.1. The molecule has 1 heterocycles. The number of primary amides is 1. The molecule has 1 aromatic rings. The van der Waals surface area contributed by atoms with Crippen LogP contribution >= 0.6 is 11.8 Å². The van der Waals surface area contributed by atoms with E-state index in [1.54, 1.807) is 36.0 Å². The van der Waals surface area contributed by atoms with E-state index < -0.39 is 23.2 Å². The van der Waals surface area contributed by atoms with Crippen LogP contribution in [0, 0.1) is 56.7 Å². The van der Waals surface area contributed by atoms with E-state index in [4.69, 9.17) is 15.9 Å². The number of hydrogen-bond donors (Lipinski definition) is 2. The lowest BCUT2D eigenvalue weighted by Crippen LogP contribution is -2.49. The van der Waals surface area contributed by atoms with Gasteiger partial charge in [-0.3, -0.25) is 4.79 Å². The maximum Gasteiger partial charge on any atom is 0.255 e. The second-order valence-electron chi connectivity index (χ2n) is 6.66. The third kappa shape index (κ3) is 3.11. The number of amides is 1.